The number of anilines is 1. The Hall–Kier alpha value is -2.38. The highest BCUT2D eigenvalue weighted by Gasteiger charge is 2.16. The third-order valence-corrected chi connectivity index (χ3v) is 4.00. The molecule has 6 nitrogen and oxygen atoms in total. The summed E-state index contributed by atoms with van der Waals surface area (Å²) < 4.78 is 11.2. The summed E-state index contributed by atoms with van der Waals surface area (Å²) in [5.41, 5.74) is 0.379. The van der Waals surface area contributed by atoms with Crippen LogP contribution in [0.25, 0.3) is 10.8 Å². The maximum absolute atomic E-state index is 12.2. The highest BCUT2D eigenvalue weighted by molar-refractivity contribution is 7.19. The van der Waals surface area contributed by atoms with Crippen LogP contribution in [0.15, 0.2) is 40.8 Å². The fourth-order valence-electron chi connectivity index (χ4n) is 1.80. The van der Waals surface area contributed by atoms with Crippen molar-refractivity contribution in [1.29, 1.82) is 0 Å². The van der Waals surface area contributed by atoms with Crippen molar-refractivity contribution in [3.8, 4) is 16.5 Å². The van der Waals surface area contributed by atoms with Gasteiger partial charge in [-0.05, 0) is 24.3 Å². The van der Waals surface area contributed by atoms with Crippen LogP contribution >= 0.6 is 22.9 Å². The van der Waals surface area contributed by atoms with Gasteiger partial charge in [-0.25, -0.2) is 0 Å². The number of halogens is 1. The van der Waals surface area contributed by atoms with Gasteiger partial charge in [0, 0.05) is 0 Å². The molecule has 112 valence electrons. The number of aromatic nitrogens is 2. The fraction of sp³-hybridized carbons (Fsp3) is 0.0714. The van der Waals surface area contributed by atoms with Gasteiger partial charge in [0.15, 0.2) is 0 Å². The molecular formula is C14H10ClN3O3S. The summed E-state index contributed by atoms with van der Waals surface area (Å²) in [6, 6.07) is 10.4. The van der Waals surface area contributed by atoms with Crippen molar-refractivity contribution in [2.24, 2.45) is 0 Å². The van der Waals surface area contributed by atoms with Crippen molar-refractivity contribution in [3.63, 3.8) is 0 Å². The Morgan fingerprint density at radius 3 is 2.82 bits per heavy atom. The number of hydrogen-bond acceptors (Lipinski definition) is 6. The highest BCUT2D eigenvalue weighted by Crippen LogP contribution is 2.30. The number of rotatable bonds is 4. The Bertz CT molecular complexity index is 815. The minimum atomic E-state index is -0.392. The van der Waals surface area contributed by atoms with E-state index in [4.69, 9.17) is 20.8 Å². The van der Waals surface area contributed by atoms with Crippen LogP contribution < -0.4 is 10.1 Å². The number of thiophene rings is 1. The van der Waals surface area contributed by atoms with Crippen LogP contribution in [0, 0.1) is 0 Å². The molecule has 0 unspecified atom stereocenters. The number of methoxy groups -OCH3 is 1. The van der Waals surface area contributed by atoms with E-state index in [-0.39, 0.29) is 6.01 Å². The average Bonchev–Trinajstić information content (AvgIpc) is 3.16. The molecule has 0 saturated heterocycles. The highest BCUT2D eigenvalue weighted by atomic mass is 35.5. The topological polar surface area (TPSA) is 77.2 Å². The van der Waals surface area contributed by atoms with Gasteiger partial charge in [-0.1, -0.05) is 28.8 Å². The summed E-state index contributed by atoms with van der Waals surface area (Å²) >= 11 is 7.17. The first-order valence-corrected chi connectivity index (χ1v) is 7.40. The Labute approximate surface area is 134 Å². The molecule has 2 aromatic heterocycles. The number of hydrogen-bond donors (Lipinski definition) is 1. The van der Waals surface area contributed by atoms with Gasteiger partial charge in [0.2, 0.25) is 0 Å². The second kappa shape index (κ2) is 6.17. The van der Waals surface area contributed by atoms with Crippen LogP contribution in [-0.2, 0) is 0 Å². The van der Waals surface area contributed by atoms with Crippen LogP contribution in [0.4, 0.5) is 6.01 Å². The second-order valence-electron chi connectivity index (χ2n) is 4.17. The van der Waals surface area contributed by atoms with Gasteiger partial charge >= 0.3 is 6.01 Å². The number of para-hydroxylation sites is 1. The lowest BCUT2D eigenvalue weighted by atomic mass is 10.2. The summed E-state index contributed by atoms with van der Waals surface area (Å²) in [6.45, 7) is 0. The standard InChI is InChI=1S/C14H10ClN3O3S/c1-20-9-5-3-2-4-8(9)12(19)16-14-18-17-13(21-14)10-6-7-11(15)22-10/h2-7H,1H3,(H,16,18,19). The monoisotopic (exact) mass is 335 g/mol. The Kier molecular flexibility index (Phi) is 4.08. The first-order chi connectivity index (χ1) is 10.7. The molecule has 0 fully saturated rings. The van der Waals surface area contributed by atoms with Crippen LogP contribution in [-0.4, -0.2) is 23.2 Å². The summed E-state index contributed by atoms with van der Waals surface area (Å²) in [5.74, 6) is 0.369. The van der Waals surface area contributed by atoms with Gasteiger partial charge in [-0.3, -0.25) is 10.1 Å². The van der Waals surface area contributed by atoms with Crippen molar-refractivity contribution < 1.29 is 13.9 Å². The molecule has 0 radical (unpaired) electrons. The van der Waals surface area contributed by atoms with Gasteiger partial charge < -0.3 is 9.15 Å². The van der Waals surface area contributed by atoms with Crippen LogP contribution in [0.1, 0.15) is 10.4 Å². The number of benzene rings is 1. The third kappa shape index (κ3) is 2.95. The number of carbonyl (C=O) groups excluding carboxylic acids is 1. The van der Waals surface area contributed by atoms with E-state index in [0.29, 0.717) is 21.5 Å². The number of ether oxygens (including phenoxy) is 1. The number of nitrogens with zero attached hydrogens (tertiary/aromatic N) is 2. The molecule has 22 heavy (non-hydrogen) atoms. The van der Waals surface area contributed by atoms with Gasteiger partial charge in [0.05, 0.1) is 21.9 Å². The van der Waals surface area contributed by atoms with E-state index < -0.39 is 5.91 Å². The van der Waals surface area contributed by atoms with Crippen molar-refractivity contribution in [2.45, 2.75) is 0 Å². The largest absolute Gasteiger partial charge is 0.496 e. The van der Waals surface area contributed by atoms with Gasteiger partial charge in [0.25, 0.3) is 11.8 Å². The molecular weight excluding hydrogens is 326 g/mol. The SMILES string of the molecule is COc1ccccc1C(=O)Nc1nnc(-c2ccc(Cl)s2)o1. The fourth-order valence-corrected chi connectivity index (χ4v) is 2.76. The lowest BCUT2D eigenvalue weighted by Crippen LogP contribution is -2.13. The number of nitrogens with one attached hydrogen (secondary N) is 1. The van der Waals surface area contributed by atoms with E-state index in [1.54, 1.807) is 36.4 Å². The predicted molar refractivity (Wildman–Crippen MR) is 83.6 cm³/mol. The molecule has 0 aliphatic carbocycles. The van der Waals surface area contributed by atoms with Crippen molar-refractivity contribution >= 4 is 34.9 Å². The summed E-state index contributed by atoms with van der Waals surface area (Å²) in [6.07, 6.45) is 0. The molecule has 2 heterocycles. The molecule has 3 aromatic rings. The summed E-state index contributed by atoms with van der Waals surface area (Å²) in [5, 5.41) is 10.2. The molecule has 3 rings (SSSR count). The smallest absolute Gasteiger partial charge is 0.322 e. The first-order valence-electron chi connectivity index (χ1n) is 6.21. The Balaban J connectivity index is 1.79. The minimum absolute atomic E-state index is 0.00966. The van der Waals surface area contributed by atoms with Gasteiger partial charge in [-0.2, -0.15) is 0 Å². The van der Waals surface area contributed by atoms with Crippen LogP contribution in [0.5, 0.6) is 5.75 Å². The number of amides is 1. The van der Waals surface area contributed by atoms with Gasteiger partial charge in [0.1, 0.15) is 5.75 Å². The summed E-state index contributed by atoms with van der Waals surface area (Å²) in [4.78, 5) is 12.9. The number of carbonyl (C=O) groups is 1. The molecule has 1 amide bonds. The first kappa shape index (κ1) is 14.6. The lowest BCUT2D eigenvalue weighted by molar-refractivity contribution is 0.102. The second-order valence-corrected chi connectivity index (χ2v) is 5.89. The maximum Gasteiger partial charge on any atom is 0.322 e. The molecule has 0 saturated carbocycles. The molecule has 0 spiro atoms. The van der Waals surface area contributed by atoms with E-state index >= 15 is 0 Å². The predicted octanol–water partition coefficient (Wildman–Crippen LogP) is 3.71. The Morgan fingerprint density at radius 2 is 2.09 bits per heavy atom. The Morgan fingerprint density at radius 1 is 1.27 bits per heavy atom. The molecule has 1 aromatic carbocycles. The molecule has 0 aliphatic heterocycles. The lowest BCUT2D eigenvalue weighted by Gasteiger charge is -2.06. The third-order valence-electron chi connectivity index (χ3n) is 2.78. The van der Waals surface area contributed by atoms with Crippen LogP contribution in [0.2, 0.25) is 4.34 Å². The van der Waals surface area contributed by atoms with E-state index in [0.717, 1.165) is 4.88 Å². The van der Waals surface area contributed by atoms with E-state index in [1.807, 2.05) is 0 Å². The minimum Gasteiger partial charge on any atom is -0.496 e. The van der Waals surface area contributed by atoms with Crippen molar-refractivity contribution in [1.82, 2.24) is 10.2 Å². The van der Waals surface area contributed by atoms with Crippen LogP contribution in [0.3, 0.4) is 0 Å². The zero-order chi connectivity index (χ0) is 15.5. The van der Waals surface area contributed by atoms with Crippen molar-refractivity contribution in [3.05, 3.63) is 46.3 Å². The summed E-state index contributed by atoms with van der Waals surface area (Å²) in [7, 11) is 1.50. The zero-order valence-electron chi connectivity index (χ0n) is 11.4. The zero-order valence-corrected chi connectivity index (χ0v) is 12.9. The van der Waals surface area contributed by atoms with Crippen molar-refractivity contribution in [2.75, 3.05) is 12.4 Å². The molecule has 0 aliphatic rings. The maximum atomic E-state index is 12.2. The molecule has 0 atom stereocenters. The van der Waals surface area contributed by atoms with E-state index in [9.17, 15) is 4.79 Å². The van der Waals surface area contributed by atoms with E-state index in [2.05, 4.69) is 15.5 Å². The molecule has 0 bridgehead atoms. The molecule has 8 heteroatoms. The average molecular weight is 336 g/mol. The van der Waals surface area contributed by atoms with Gasteiger partial charge in [-0.15, -0.1) is 16.4 Å². The normalized spacial score (nSPS) is 10.5. The molecule has 1 N–H and O–H groups in total. The quantitative estimate of drug-likeness (QED) is 0.786. The van der Waals surface area contributed by atoms with E-state index in [1.165, 1.54) is 18.4 Å².